The van der Waals surface area contributed by atoms with Crippen LogP contribution in [-0.4, -0.2) is 24.1 Å². The van der Waals surface area contributed by atoms with E-state index in [1.807, 2.05) is 0 Å². The first-order valence-electron chi connectivity index (χ1n) is 8.45. The molecule has 1 unspecified atom stereocenters. The average Bonchev–Trinajstić information content (AvgIpc) is 2.44. The molecule has 0 N–H and O–H groups in total. The molecule has 1 saturated heterocycles. The van der Waals surface area contributed by atoms with Gasteiger partial charge in [0.05, 0.1) is 5.60 Å². The Kier molecular flexibility index (Phi) is 6.22. The van der Waals surface area contributed by atoms with E-state index < -0.39 is 11.9 Å². The molecule has 1 aliphatic carbocycles. The molecule has 0 bridgehead atoms. The van der Waals surface area contributed by atoms with Crippen molar-refractivity contribution in [1.29, 1.82) is 0 Å². The zero-order valence-electron chi connectivity index (χ0n) is 13.2. The second-order valence-electron chi connectivity index (χ2n) is 6.66. The van der Waals surface area contributed by atoms with Crippen LogP contribution in [0.15, 0.2) is 0 Å². The second kappa shape index (κ2) is 7.92. The fraction of sp³-hybridized carbons (Fsp3) is 0.882. The fourth-order valence-corrected chi connectivity index (χ4v) is 3.83. The number of esters is 2. The van der Waals surface area contributed by atoms with Crippen LogP contribution in [0.4, 0.5) is 0 Å². The number of hydrogen-bond donors (Lipinski definition) is 0. The lowest BCUT2D eigenvalue weighted by Gasteiger charge is -2.43. The SMILES string of the molecule is CC(=O)OC(=O)CCCCC1CCOC2(CCCCC2)C1. The third kappa shape index (κ3) is 5.42. The average molecular weight is 296 g/mol. The molecule has 0 radical (unpaired) electrons. The highest BCUT2D eigenvalue weighted by Crippen LogP contribution is 2.41. The minimum Gasteiger partial charge on any atom is -0.393 e. The molecule has 0 aromatic carbocycles. The summed E-state index contributed by atoms with van der Waals surface area (Å²) in [6, 6.07) is 0. The molecule has 1 heterocycles. The number of ether oxygens (including phenoxy) is 2. The van der Waals surface area contributed by atoms with Gasteiger partial charge in [-0.15, -0.1) is 0 Å². The molecule has 1 aliphatic heterocycles. The normalized spacial score (nSPS) is 24.7. The monoisotopic (exact) mass is 296 g/mol. The predicted molar refractivity (Wildman–Crippen MR) is 79.7 cm³/mol. The Morgan fingerprint density at radius 3 is 2.67 bits per heavy atom. The van der Waals surface area contributed by atoms with Crippen molar-refractivity contribution in [2.75, 3.05) is 6.61 Å². The number of hydrogen-bond acceptors (Lipinski definition) is 4. The zero-order chi connectivity index (χ0) is 15.1. The number of rotatable bonds is 5. The summed E-state index contributed by atoms with van der Waals surface area (Å²) in [5.41, 5.74) is 0.175. The number of unbranched alkanes of at least 4 members (excludes halogenated alkanes) is 1. The molecular formula is C17H28O4. The van der Waals surface area contributed by atoms with Crippen molar-refractivity contribution >= 4 is 11.9 Å². The van der Waals surface area contributed by atoms with Gasteiger partial charge in [0, 0.05) is 20.0 Å². The number of carbonyl (C=O) groups is 2. The van der Waals surface area contributed by atoms with Crippen LogP contribution in [0.25, 0.3) is 0 Å². The molecule has 2 rings (SSSR count). The Bertz CT molecular complexity index is 352. The Balaban J connectivity index is 1.64. The van der Waals surface area contributed by atoms with Gasteiger partial charge in [-0.25, -0.2) is 0 Å². The molecule has 0 amide bonds. The summed E-state index contributed by atoms with van der Waals surface area (Å²) in [4.78, 5) is 21.9. The van der Waals surface area contributed by atoms with Crippen LogP contribution in [-0.2, 0) is 19.1 Å². The fourth-order valence-electron chi connectivity index (χ4n) is 3.83. The van der Waals surface area contributed by atoms with Crippen LogP contribution in [0.5, 0.6) is 0 Å². The maximum absolute atomic E-state index is 11.3. The summed E-state index contributed by atoms with van der Waals surface area (Å²) in [6.07, 6.45) is 12.2. The summed E-state index contributed by atoms with van der Waals surface area (Å²) in [7, 11) is 0. The van der Waals surface area contributed by atoms with E-state index in [1.54, 1.807) is 0 Å². The summed E-state index contributed by atoms with van der Waals surface area (Å²) >= 11 is 0. The molecular weight excluding hydrogens is 268 g/mol. The maximum atomic E-state index is 11.3. The van der Waals surface area contributed by atoms with E-state index in [1.165, 1.54) is 51.9 Å². The van der Waals surface area contributed by atoms with Crippen molar-refractivity contribution in [3.05, 3.63) is 0 Å². The van der Waals surface area contributed by atoms with Gasteiger partial charge in [-0.05, 0) is 38.0 Å². The van der Waals surface area contributed by atoms with Crippen LogP contribution >= 0.6 is 0 Å². The predicted octanol–water partition coefficient (Wildman–Crippen LogP) is 3.77. The van der Waals surface area contributed by atoms with E-state index in [2.05, 4.69) is 4.74 Å². The van der Waals surface area contributed by atoms with Crippen LogP contribution in [0, 0.1) is 5.92 Å². The lowest BCUT2D eigenvalue weighted by Crippen LogP contribution is -2.41. The highest BCUT2D eigenvalue weighted by molar-refractivity contribution is 5.83. The molecule has 120 valence electrons. The molecule has 1 atom stereocenters. The van der Waals surface area contributed by atoms with Crippen LogP contribution in [0.3, 0.4) is 0 Å². The lowest BCUT2D eigenvalue weighted by atomic mass is 9.75. The molecule has 0 aromatic rings. The molecule has 21 heavy (non-hydrogen) atoms. The van der Waals surface area contributed by atoms with Gasteiger partial charge in [0.15, 0.2) is 0 Å². The van der Waals surface area contributed by atoms with Crippen molar-refractivity contribution in [3.63, 3.8) is 0 Å². The van der Waals surface area contributed by atoms with Crippen molar-refractivity contribution in [2.24, 2.45) is 5.92 Å². The molecule has 2 aliphatic rings. The van der Waals surface area contributed by atoms with Gasteiger partial charge in [-0.3, -0.25) is 9.59 Å². The topological polar surface area (TPSA) is 52.6 Å². The minimum absolute atomic E-state index is 0.175. The third-order valence-electron chi connectivity index (χ3n) is 4.86. The molecule has 4 heteroatoms. The largest absolute Gasteiger partial charge is 0.393 e. The molecule has 4 nitrogen and oxygen atoms in total. The first kappa shape index (κ1) is 16.5. The van der Waals surface area contributed by atoms with E-state index in [4.69, 9.17) is 4.74 Å². The third-order valence-corrected chi connectivity index (χ3v) is 4.86. The van der Waals surface area contributed by atoms with E-state index in [0.29, 0.717) is 6.42 Å². The van der Waals surface area contributed by atoms with Crippen molar-refractivity contribution in [1.82, 2.24) is 0 Å². The van der Waals surface area contributed by atoms with Gasteiger partial charge >= 0.3 is 11.9 Å². The highest BCUT2D eigenvalue weighted by atomic mass is 16.6. The second-order valence-corrected chi connectivity index (χ2v) is 6.66. The zero-order valence-corrected chi connectivity index (χ0v) is 13.2. The van der Waals surface area contributed by atoms with Gasteiger partial charge in [0.25, 0.3) is 0 Å². The van der Waals surface area contributed by atoms with Gasteiger partial charge in [-0.1, -0.05) is 32.1 Å². The Hall–Kier alpha value is -0.900. The summed E-state index contributed by atoms with van der Waals surface area (Å²) < 4.78 is 10.6. The Morgan fingerprint density at radius 2 is 1.95 bits per heavy atom. The standard InChI is InChI=1S/C17H28O4/c1-14(18)21-16(19)8-4-3-7-15-9-12-20-17(13-15)10-5-2-6-11-17/h15H,2-13H2,1H3. The summed E-state index contributed by atoms with van der Waals surface area (Å²) in [5, 5.41) is 0. The smallest absolute Gasteiger partial charge is 0.313 e. The molecule has 0 aromatic heterocycles. The Labute approximate surface area is 127 Å². The van der Waals surface area contributed by atoms with E-state index in [-0.39, 0.29) is 5.60 Å². The summed E-state index contributed by atoms with van der Waals surface area (Å²) in [6.45, 7) is 2.17. The number of carbonyl (C=O) groups excluding carboxylic acids is 2. The maximum Gasteiger partial charge on any atom is 0.313 e. The molecule has 1 spiro atoms. The molecule has 1 saturated carbocycles. The van der Waals surface area contributed by atoms with Gasteiger partial charge < -0.3 is 9.47 Å². The minimum atomic E-state index is -0.510. The van der Waals surface area contributed by atoms with E-state index in [0.717, 1.165) is 31.8 Å². The summed E-state index contributed by atoms with van der Waals surface area (Å²) in [5.74, 6) is -0.164. The molecule has 2 fully saturated rings. The van der Waals surface area contributed by atoms with Crippen molar-refractivity contribution in [3.8, 4) is 0 Å². The quantitative estimate of drug-likeness (QED) is 0.440. The Morgan fingerprint density at radius 1 is 1.19 bits per heavy atom. The van der Waals surface area contributed by atoms with Gasteiger partial charge in [0.1, 0.15) is 0 Å². The van der Waals surface area contributed by atoms with Gasteiger partial charge in [0.2, 0.25) is 0 Å². The van der Waals surface area contributed by atoms with Crippen LogP contribution in [0.2, 0.25) is 0 Å². The van der Waals surface area contributed by atoms with Crippen LogP contribution in [0.1, 0.15) is 77.6 Å². The van der Waals surface area contributed by atoms with Crippen LogP contribution < -0.4 is 0 Å². The first-order valence-corrected chi connectivity index (χ1v) is 8.45. The highest BCUT2D eigenvalue weighted by Gasteiger charge is 2.37. The van der Waals surface area contributed by atoms with Gasteiger partial charge in [-0.2, -0.15) is 0 Å². The van der Waals surface area contributed by atoms with Crippen molar-refractivity contribution < 1.29 is 19.1 Å². The first-order chi connectivity index (χ1) is 10.1. The lowest BCUT2D eigenvalue weighted by molar-refractivity contribution is -0.158. The van der Waals surface area contributed by atoms with E-state index in [9.17, 15) is 9.59 Å². The van der Waals surface area contributed by atoms with Crippen molar-refractivity contribution in [2.45, 2.75) is 83.2 Å². The van der Waals surface area contributed by atoms with E-state index >= 15 is 0 Å².